The van der Waals surface area contributed by atoms with Gasteiger partial charge < -0.3 is 10.1 Å². The van der Waals surface area contributed by atoms with Crippen LogP contribution in [0.3, 0.4) is 0 Å². The first kappa shape index (κ1) is 24.9. The molecule has 1 aromatic heterocycles. The van der Waals surface area contributed by atoms with E-state index in [2.05, 4.69) is 5.32 Å². The van der Waals surface area contributed by atoms with E-state index >= 15 is 0 Å². The van der Waals surface area contributed by atoms with E-state index in [1.54, 1.807) is 24.3 Å². The lowest BCUT2D eigenvalue weighted by molar-refractivity contribution is -0.114. The van der Waals surface area contributed by atoms with Gasteiger partial charge in [0.25, 0.3) is 10.0 Å². The van der Waals surface area contributed by atoms with Gasteiger partial charge in [0.1, 0.15) is 11.5 Å². The molecule has 1 N–H and O–H groups in total. The third-order valence-electron chi connectivity index (χ3n) is 6.05. The van der Waals surface area contributed by atoms with Crippen molar-refractivity contribution in [2.45, 2.75) is 44.4 Å². The number of methoxy groups -OCH3 is 1. The number of carbonyl (C=O) groups excluding carboxylic acids is 2. The number of hydrogen-bond acceptors (Lipinski definition) is 6. The summed E-state index contributed by atoms with van der Waals surface area (Å²) in [7, 11) is -2.71. The Bertz CT molecular complexity index is 1360. The quantitative estimate of drug-likeness (QED) is 0.456. The second-order valence-electron chi connectivity index (χ2n) is 8.57. The Morgan fingerprint density at radius 1 is 1.06 bits per heavy atom. The number of sulfonamides is 1. The summed E-state index contributed by atoms with van der Waals surface area (Å²) in [4.78, 5) is 27.0. The number of nitrogens with zero attached hydrogens (tertiary/aromatic N) is 1. The fourth-order valence-corrected chi connectivity index (χ4v) is 7.17. The van der Waals surface area contributed by atoms with Crippen molar-refractivity contribution in [1.29, 1.82) is 0 Å². The number of esters is 1. The third-order valence-corrected chi connectivity index (χ3v) is 9.03. The molecule has 0 fully saturated rings. The molecule has 9 heteroatoms. The Morgan fingerprint density at radius 2 is 1.77 bits per heavy atom. The summed E-state index contributed by atoms with van der Waals surface area (Å²) in [6.45, 7) is 3.30. The molecule has 0 atom stereocenters. The Labute approximate surface area is 209 Å². The van der Waals surface area contributed by atoms with E-state index < -0.39 is 28.4 Å². The molecule has 2 aromatic carbocycles. The van der Waals surface area contributed by atoms with Crippen LogP contribution in [0.4, 0.5) is 10.7 Å². The summed E-state index contributed by atoms with van der Waals surface area (Å²) >= 11 is 1.37. The van der Waals surface area contributed by atoms with Gasteiger partial charge in [0, 0.05) is 4.88 Å². The molecule has 7 nitrogen and oxygen atoms in total. The fraction of sp³-hybridized carbons (Fsp3) is 0.308. The first-order valence-corrected chi connectivity index (χ1v) is 13.7. The van der Waals surface area contributed by atoms with Gasteiger partial charge in [-0.25, -0.2) is 13.2 Å². The SMILES string of the molecule is COC(=O)c1c(NC(=O)CN(c2ccc(C)cc2C)S(=O)(=O)c2ccccc2)sc2c1CCCC2. The van der Waals surface area contributed by atoms with Crippen molar-refractivity contribution in [1.82, 2.24) is 0 Å². The van der Waals surface area contributed by atoms with Crippen LogP contribution >= 0.6 is 11.3 Å². The number of nitrogens with one attached hydrogen (secondary N) is 1. The largest absolute Gasteiger partial charge is 0.465 e. The molecule has 0 saturated carbocycles. The van der Waals surface area contributed by atoms with Gasteiger partial charge >= 0.3 is 5.97 Å². The highest BCUT2D eigenvalue weighted by Gasteiger charge is 2.31. The second-order valence-corrected chi connectivity index (χ2v) is 11.5. The summed E-state index contributed by atoms with van der Waals surface area (Å²) in [6.07, 6.45) is 3.59. The molecule has 4 rings (SSSR count). The van der Waals surface area contributed by atoms with Crippen LogP contribution in [0.25, 0.3) is 0 Å². The third kappa shape index (κ3) is 5.11. The van der Waals surface area contributed by atoms with Gasteiger partial charge in [-0.1, -0.05) is 35.9 Å². The van der Waals surface area contributed by atoms with Crippen molar-refractivity contribution in [2.75, 3.05) is 23.3 Å². The first-order chi connectivity index (χ1) is 16.7. The van der Waals surface area contributed by atoms with Crippen LogP contribution in [0.1, 0.15) is 44.8 Å². The van der Waals surface area contributed by atoms with Crippen LogP contribution in [0.15, 0.2) is 53.4 Å². The molecule has 1 heterocycles. The van der Waals surface area contributed by atoms with Gasteiger partial charge in [0.05, 0.1) is 23.3 Å². The molecule has 0 radical (unpaired) electrons. The number of anilines is 2. The van der Waals surface area contributed by atoms with Crippen LogP contribution < -0.4 is 9.62 Å². The van der Waals surface area contributed by atoms with E-state index in [1.807, 2.05) is 26.0 Å². The van der Waals surface area contributed by atoms with Crippen LogP contribution in [0, 0.1) is 13.8 Å². The molecule has 1 aliphatic rings. The maximum Gasteiger partial charge on any atom is 0.341 e. The van der Waals surface area contributed by atoms with Crippen molar-refractivity contribution in [3.05, 3.63) is 75.7 Å². The predicted octanol–water partition coefficient (Wildman–Crippen LogP) is 4.86. The number of rotatable bonds is 7. The van der Waals surface area contributed by atoms with Gasteiger partial charge in [-0.3, -0.25) is 9.10 Å². The highest BCUT2D eigenvalue weighted by Crippen LogP contribution is 2.38. The number of thiophene rings is 1. The highest BCUT2D eigenvalue weighted by molar-refractivity contribution is 7.92. The van der Waals surface area contributed by atoms with Crippen LogP contribution in [-0.4, -0.2) is 33.9 Å². The first-order valence-electron chi connectivity index (χ1n) is 11.4. The summed E-state index contributed by atoms with van der Waals surface area (Å²) in [5.74, 6) is -1.03. The number of fused-ring (bicyclic) bond motifs is 1. The standard InChI is InChI=1S/C26H28N2O5S2/c1-17-13-14-21(18(2)15-17)28(35(31,32)19-9-5-4-6-10-19)16-23(29)27-25-24(26(30)33-3)20-11-7-8-12-22(20)34-25/h4-6,9-10,13-15H,7-8,11-12,16H2,1-3H3,(H,27,29). The minimum Gasteiger partial charge on any atom is -0.465 e. The van der Waals surface area contributed by atoms with Crippen molar-refractivity contribution >= 4 is 43.9 Å². The zero-order chi connectivity index (χ0) is 25.2. The molecule has 184 valence electrons. The smallest absolute Gasteiger partial charge is 0.341 e. The van der Waals surface area contributed by atoms with Crippen molar-refractivity contribution in [2.24, 2.45) is 0 Å². The molecular weight excluding hydrogens is 484 g/mol. The summed E-state index contributed by atoms with van der Waals surface area (Å²) in [5.41, 5.74) is 3.45. The lowest BCUT2D eigenvalue weighted by atomic mass is 9.95. The van der Waals surface area contributed by atoms with Crippen LogP contribution in [0.2, 0.25) is 0 Å². The van der Waals surface area contributed by atoms with Gasteiger partial charge in [-0.2, -0.15) is 0 Å². The molecule has 0 bridgehead atoms. The number of hydrogen-bond donors (Lipinski definition) is 1. The van der Waals surface area contributed by atoms with Gasteiger partial charge in [-0.15, -0.1) is 11.3 Å². The van der Waals surface area contributed by atoms with E-state index in [0.29, 0.717) is 16.3 Å². The number of carbonyl (C=O) groups is 2. The average molecular weight is 513 g/mol. The average Bonchev–Trinajstić information content (AvgIpc) is 3.20. The van der Waals surface area contributed by atoms with Gasteiger partial charge in [0.2, 0.25) is 5.91 Å². The lowest BCUT2D eigenvalue weighted by Gasteiger charge is -2.26. The second kappa shape index (κ2) is 10.2. The molecule has 1 aliphatic carbocycles. The number of ether oxygens (including phenoxy) is 1. The monoisotopic (exact) mass is 512 g/mol. The van der Waals surface area contributed by atoms with Gasteiger partial charge in [-0.05, 0) is 68.9 Å². The molecule has 1 amide bonds. The molecule has 0 aliphatic heterocycles. The maximum absolute atomic E-state index is 13.6. The van der Waals surface area contributed by atoms with Crippen LogP contribution in [0.5, 0.6) is 0 Å². The van der Waals surface area contributed by atoms with Crippen molar-refractivity contribution in [3.63, 3.8) is 0 Å². The van der Waals surface area contributed by atoms with E-state index in [9.17, 15) is 18.0 Å². The maximum atomic E-state index is 13.6. The van der Waals surface area contributed by atoms with E-state index in [-0.39, 0.29) is 4.90 Å². The fourth-order valence-electron chi connectivity index (χ4n) is 4.37. The normalized spacial score (nSPS) is 13.1. The molecule has 35 heavy (non-hydrogen) atoms. The number of aryl methyl sites for hydroxylation is 3. The summed E-state index contributed by atoms with van der Waals surface area (Å²) in [5, 5.41) is 3.22. The van der Waals surface area contributed by atoms with E-state index in [1.165, 1.54) is 30.6 Å². The highest BCUT2D eigenvalue weighted by atomic mass is 32.2. The van der Waals surface area contributed by atoms with Crippen molar-refractivity contribution in [3.8, 4) is 0 Å². The molecular formula is C26H28N2O5S2. The van der Waals surface area contributed by atoms with E-state index in [4.69, 9.17) is 4.74 Å². The Morgan fingerprint density at radius 3 is 2.46 bits per heavy atom. The predicted molar refractivity (Wildman–Crippen MR) is 138 cm³/mol. The van der Waals surface area contributed by atoms with E-state index in [0.717, 1.165) is 51.6 Å². The van der Waals surface area contributed by atoms with Crippen molar-refractivity contribution < 1.29 is 22.7 Å². The summed E-state index contributed by atoms with van der Waals surface area (Å²) in [6, 6.07) is 13.4. The Balaban J connectivity index is 1.70. The minimum absolute atomic E-state index is 0.0922. The summed E-state index contributed by atoms with van der Waals surface area (Å²) < 4.78 is 33.3. The molecule has 0 saturated heterocycles. The molecule has 0 unspecified atom stereocenters. The van der Waals surface area contributed by atoms with Crippen LogP contribution in [-0.2, 0) is 32.4 Å². The zero-order valence-corrected chi connectivity index (χ0v) is 21.6. The molecule has 0 spiro atoms. The topological polar surface area (TPSA) is 92.8 Å². The minimum atomic E-state index is -4.03. The van der Waals surface area contributed by atoms with Gasteiger partial charge in [0.15, 0.2) is 0 Å². The molecule has 3 aromatic rings. The number of amides is 1. The zero-order valence-electron chi connectivity index (χ0n) is 20.0. The lowest BCUT2D eigenvalue weighted by Crippen LogP contribution is -2.38. The number of benzene rings is 2. The Hall–Kier alpha value is -3.17. The Kier molecular flexibility index (Phi) is 7.28.